The molecule has 306 valence electrons. The molecule has 2 saturated heterocycles. The number of carbonyl (C=O) groups is 4. The van der Waals surface area contributed by atoms with Gasteiger partial charge in [-0.15, -0.1) is 0 Å². The van der Waals surface area contributed by atoms with Crippen LogP contribution in [0.5, 0.6) is 0 Å². The number of aromatic nitrogens is 4. The van der Waals surface area contributed by atoms with Gasteiger partial charge in [0.05, 0.1) is 62.3 Å². The van der Waals surface area contributed by atoms with Crippen molar-refractivity contribution in [2.24, 2.45) is 0 Å². The van der Waals surface area contributed by atoms with Crippen molar-refractivity contribution in [2.75, 3.05) is 41.5 Å². The number of ether oxygens (including phenoxy) is 4. The van der Waals surface area contributed by atoms with Crippen molar-refractivity contribution >= 4 is 24.0 Å². The number of alkyl carbamates (subject to hydrolysis) is 2. The second-order valence-electron chi connectivity index (χ2n) is 14.3. The molecule has 0 radical (unpaired) electrons. The lowest BCUT2D eigenvalue weighted by Gasteiger charge is -2.30. The predicted octanol–water partition coefficient (Wildman–Crippen LogP) is 4.71. The molecule has 4 aromatic rings. The zero-order valence-electron chi connectivity index (χ0n) is 33.5. The van der Waals surface area contributed by atoms with Crippen LogP contribution in [0.4, 0.5) is 9.59 Å². The molecule has 4 amide bonds. The molecule has 2 fully saturated rings. The van der Waals surface area contributed by atoms with Crippen molar-refractivity contribution in [1.29, 1.82) is 0 Å². The minimum Gasteiger partial charge on any atom is -0.453 e. The summed E-state index contributed by atoms with van der Waals surface area (Å²) in [5, 5.41) is 5.22. The minimum absolute atomic E-state index is 0.256. The lowest BCUT2D eigenvalue weighted by molar-refractivity contribution is -0.138. The van der Waals surface area contributed by atoms with Gasteiger partial charge >= 0.3 is 12.2 Å². The van der Waals surface area contributed by atoms with E-state index in [0.29, 0.717) is 24.7 Å². The Morgan fingerprint density at radius 2 is 1.03 bits per heavy atom. The van der Waals surface area contributed by atoms with Crippen LogP contribution in [0, 0.1) is 11.8 Å². The zero-order chi connectivity index (χ0) is 41.3. The molecule has 58 heavy (non-hydrogen) atoms. The Kier molecular flexibility index (Phi) is 13.5. The number of benzene rings is 2. The van der Waals surface area contributed by atoms with E-state index in [4.69, 9.17) is 18.9 Å². The SMILES string of the molecule is COC(=O)NC(C(=O)N1CCC[C@H]1c1ncc(-c2ccc(C#Cc3ccc(-c4cnc([C@@H]5CCCN5C(=O)[C@H](NC(=O)OC)[C@H](C)OC)[nH]4)cc3)cc2)[nH]1)[C@H](C)OC. The Bertz CT molecular complexity index is 1970. The summed E-state index contributed by atoms with van der Waals surface area (Å²) in [7, 11) is 5.49. The van der Waals surface area contributed by atoms with Gasteiger partial charge in [0.1, 0.15) is 23.7 Å². The fourth-order valence-corrected chi connectivity index (χ4v) is 7.31. The topological polar surface area (TPSA) is 193 Å². The highest BCUT2D eigenvalue weighted by Gasteiger charge is 2.40. The van der Waals surface area contributed by atoms with Crippen LogP contribution in [-0.4, -0.2) is 120 Å². The molecule has 0 aliphatic carbocycles. The van der Waals surface area contributed by atoms with E-state index in [0.717, 1.165) is 59.3 Å². The van der Waals surface area contributed by atoms with E-state index in [1.165, 1.54) is 28.4 Å². The summed E-state index contributed by atoms with van der Waals surface area (Å²) in [6.45, 7) is 4.52. The number of hydrogen-bond acceptors (Lipinski definition) is 10. The third-order valence-electron chi connectivity index (χ3n) is 10.8. The first kappa shape index (κ1) is 41.5. The first-order chi connectivity index (χ1) is 28.0. The molecule has 2 aliphatic heterocycles. The van der Waals surface area contributed by atoms with E-state index in [2.05, 4.69) is 42.4 Å². The average molecular weight is 795 g/mol. The van der Waals surface area contributed by atoms with E-state index in [1.54, 1.807) is 36.0 Å². The van der Waals surface area contributed by atoms with Gasteiger partial charge in [0.2, 0.25) is 11.8 Å². The molecule has 2 aliphatic rings. The van der Waals surface area contributed by atoms with Crippen LogP contribution in [0.25, 0.3) is 22.5 Å². The summed E-state index contributed by atoms with van der Waals surface area (Å²) in [5.74, 6) is 7.30. The molecule has 0 bridgehead atoms. The number of rotatable bonds is 12. The summed E-state index contributed by atoms with van der Waals surface area (Å²) in [4.78, 5) is 70.6. The Hall–Kier alpha value is -6.18. The monoisotopic (exact) mass is 794 g/mol. The molecule has 0 spiro atoms. The Morgan fingerprint density at radius 1 is 0.655 bits per heavy atom. The largest absolute Gasteiger partial charge is 0.453 e. The summed E-state index contributed by atoms with van der Waals surface area (Å²) in [5.41, 5.74) is 5.16. The van der Waals surface area contributed by atoms with Crippen LogP contribution < -0.4 is 10.6 Å². The van der Waals surface area contributed by atoms with Crippen molar-refractivity contribution in [3.63, 3.8) is 0 Å². The number of H-pyrrole nitrogens is 2. The number of methoxy groups -OCH3 is 4. The quantitative estimate of drug-likeness (QED) is 0.146. The van der Waals surface area contributed by atoms with Crippen molar-refractivity contribution in [2.45, 2.75) is 75.9 Å². The molecule has 2 aromatic carbocycles. The lowest BCUT2D eigenvalue weighted by atomic mass is 10.1. The summed E-state index contributed by atoms with van der Waals surface area (Å²) in [6, 6.07) is 13.3. The molecule has 6 rings (SSSR count). The van der Waals surface area contributed by atoms with Crippen molar-refractivity contribution < 1.29 is 38.1 Å². The van der Waals surface area contributed by atoms with Gasteiger partial charge in [-0.3, -0.25) is 9.59 Å². The molecule has 0 saturated carbocycles. The fraction of sp³-hybridized carbons (Fsp3) is 0.429. The third-order valence-corrected chi connectivity index (χ3v) is 10.8. The number of likely N-dealkylation sites (tertiary alicyclic amines) is 2. The van der Waals surface area contributed by atoms with Crippen molar-refractivity contribution in [1.82, 2.24) is 40.4 Å². The Labute approximate surface area is 337 Å². The van der Waals surface area contributed by atoms with E-state index < -0.39 is 36.5 Å². The highest BCUT2D eigenvalue weighted by Crippen LogP contribution is 2.34. The Balaban J connectivity index is 1.08. The van der Waals surface area contributed by atoms with Crippen molar-refractivity contribution in [3.05, 3.63) is 83.7 Å². The number of aromatic amines is 2. The molecule has 4 N–H and O–H groups in total. The number of amides is 4. The number of nitrogens with one attached hydrogen (secondary N) is 4. The molecule has 4 heterocycles. The standard InChI is InChI=1S/C42H50N8O8/c1-25(55-3)35(47-41(53)57-5)39(51)49-21-7-9-33(49)37-43-23-31(45-37)29-17-13-27(14-18-29)11-12-28-15-19-30(20-16-28)32-24-44-38(46-32)34-10-8-22-50(34)40(52)36(26(2)56-4)48-42(54)58-6/h13-20,23-26,33-36H,7-10,21-22H2,1-6H3,(H,43,45)(H,44,46)(H,47,53)(H,48,54)/t25-,26-,33-,34-,35+,36?/m0/s1. The highest BCUT2D eigenvalue weighted by molar-refractivity contribution is 5.87. The Morgan fingerprint density at radius 3 is 1.38 bits per heavy atom. The first-order valence-corrected chi connectivity index (χ1v) is 19.2. The van der Waals surface area contributed by atoms with Crippen LogP contribution in [0.15, 0.2) is 60.9 Å². The van der Waals surface area contributed by atoms with Crippen molar-refractivity contribution in [3.8, 4) is 34.4 Å². The molecular weight excluding hydrogens is 745 g/mol. The van der Waals surface area contributed by atoms with Crippen LogP contribution in [0.3, 0.4) is 0 Å². The van der Waals surface area contributed by atoms with Gasteiger partial charge < -0.3 is 49.3 Å². The van der Waals surface area contributed by atoms with Crippen LogP contribution in [-0.2, 0) is 28.5 Å². The van der Waals surface area contributed by atoms with E-state index in [-0.39, 0.29) is 23.9 Å². The second kappa shape index (κ2) is 18.8. The summed E-state index contributed by atoms with van der Waals surface area (Å²) < 4.78 is 20.2. The van der Waals surface area contributed by atoms with Crippen LogP contribution in [0.2, 0.25) is 0 Å². The molecule has 1 unspecified atom stereocenters. The van der Waals surface area contributed by atoms with Gasteiger partial charge in [0.15, 0.2) is 0 Å². The molecule has 16 nitrogen and oxygen atoms in total. The van der Waals surface area contributed by atoms with Gasteiger partial charge in [0.25, 0.3) is 0 Å². The maximum absolute atomic E-state index is 13.6. The smallest absolute Gasteiger partial charge is 0.407 e. The van der Waals surface area contributed by atoms with Gasteiger partial charge in [-0.1, -0.05) is 36.1 Å². The second-order valence-corrected chi connectivity index (χ2v) is 14.3. The first-order valence-electron chi connectivity index (χ1n) is 19.2. The lowest BCUT2D eigenvalue weighted by Crippen LogP contribution is -2.54. The highest BCUT2D eigenvalue weighted by atomic mass is 16.5. The molecule has 6 atom stereocenters. The maximum atomic E-state index is 13.6. The van der Waals surface area contributed by atoms with Gasteiger partial charge in [-0.25, -0.2) is 19.6 Å². The zero-order valence-corrected chi connectivity index (χ0v) is 33.5. The van der Waals surface area contributed by atoms with E-state index >= 15 is 0 Å². The normalized spacial score (nSPS) is 18.4. The molecule has 2 aromatic heterocycles. The number of nitrogens with zero attached hydrogens (tertiary/aromatic N) is 4. The minimum atomic E-state index is -0.901. The number of carbonyl (C=O) groups excluding carboxylic acids is 4. The molecule has 16 heteroatoms. The number of imidazole rings is 2. The van der Waals surface area contributed by atoms with E-state index in [9.17, 15) is 19.2 Å². The third kappa shape index (κ3) is 9.33. The average Bonchev–Trinajstić information content (AvgIpc) is 4.10. The summed E-state index contributed by atoms with van der Waals surface area (Å²) >= 11 is 0. The molecular formula is C42H50N8O8. The van der Waals surface area contributed by atoms with Crippen LogP contribution >= 0.6 is 0 Å². The van der Waals surface area contributed by atoms with E-state index in [1.807, 2.05) is 48.5 Å². The fourth-order valence-electron chi connectivity index (χ4n) is 7.31. The number of hydrogen-bond donors (Lipinski definition) is 4. The van der Waals surface area contributed by atoms with Gasteiger partial charge in [-0.05, 0) is 74.9 Å². The summed E-state index contributed by atoms with van der Waals surface area (Å²) in [6.07, 6.45) is 4.08. The van der Waals surface area contributed by atoms with Gasteiger partial charge in [0, 0.05) is 38.4 Å². The predicted molar refractivity (Wildman–Crippen MR) is 213 cm³/mol. The van der Waals surface area contributed by atoms with Crippen LogP contribution in [0.1, 0.15) is 74.4 Å². The maximum Gasteiger partial charge on any atom is 0.407 e. The van der Waals surface area contributed by atoms with Gasteiger partial charge in [-0.2, -0.15) is 0 Å².